The first-order chi connectivity index (χ1) is 14.8. The number of benzene rings is 2. The Morgan fingerprint density at radius 3 is 2.00 bits per heavy atom. The molecule has 0 bridgehead atoms. The number of rotatable bonds is 5. The monoisotopic (exact) mass is 487 g/mol. The molecule has 1 heterocycles. The summed E-state index contributed by atoms with van der Waals surface area (Å²) in [5.74, 6) is 0.0365. The number of allylic oxidation sites excluding steroid dienone is 1. The molecular weight excluding hydrogens is 458 g/mol. The van der Waals surface area contributed by atoms with Crippen LogP contribution in [-0.2, 0) is 19.9 Å². The number of fused-ring (bicyclic) bond motifs is 1. The molecule has 1 aliphatic carbocycles. The average molecular weight is 488 g/mol. The third-order valence-corrected chi connectivity index (χ3v) is 12.4. The van der Waals surface area contributed by atoms with Crippen LogP contribution in [0.4, 0.5) is 0 Å². The molecule has 0 radical (unpaired) electrons. The number of sulfone groups is 1. The van der Waals surface area contributed by atoms with E-state index in [1.165, 1.54) is 9.50 Å². The van der Waals surface area contributed by atoms with Crippen molar-refractivity contribution in [3.05, 3.63) is 81.4 Å². The van der Waals surface area contributed by atoms with Crippen molar-refractivity contribution in [2.75, 3.05) is 13.1 Å². The van der Waals surface area contributed by atoms with Gasteiger partial charge in [0.1, 0.15) is 0 Å². The van der Waals surface area contributed by atoms with Gasteiger partial charge in [0.05, 0.1) is 29.3 Å². The van der Waals surface area contributed by atoms with Crippen molar-refractivity contribution in [3.8, 4) is 0 Å². The van der Waals surface area contributed by atoms with E-state index in [4.69, 9.17) is 0 Å². The lowest BCUT2D eigenvalue weighted by molar-refractivity contribution is 0.439. The molecular formula is C24H29NO4S2Si. The van der Waals surface area contributed by atoms with E-state index in [0.29, 0.717) is 0 Å². The van der Waals surface area contributed by atoms with Gasteiger partial charge in [-0.1, -0.05) is 67.7 Å². The lowest BCUT2D eigenvalue weighted by Crippen LogP contribution is -2.48. The van der Waals surface area contributed by atoms with Crippen molar-refractivity contribution in [3.63, 3.8) is 0 Å². The highest BCUT2D eigenvalue weighted by atomic mass is 32.2. The van der Waals surface area contributed by atoms with Crippen LogP contribution >= 0.6 is 0 Å². The fourth-order valence-corrected chi connectivity index (χ4v) is 10.6. The third-order valence-electron chi connectivity index (χ3n) is 6.32. The van der Waals surface area contributed by atoms with E-state index in [1.807, 2.05) is 6.92 Å². The Morgan fingerprint density at radius 2 is 1.44 bits per heavy atom. The molecule has 1 unspecified atom stereocenters. The maximum Gasteiger partial charge on any atom is 0.243 e. The first-order valence-corrected chi connectivity index (χ1v) is 17.1. The number of hydrogen-bond acceptors (Lipinski definition) is 4. The molecule has 0 fully saturated rings. The predicted molar refractivity (Wildman–Crippen MR) is 130 cm³/mol. The average Bonchev–Trinajstić information content (AvgIpc) is 2.72. The van der Waals surface area contributed by atoms with Crippen LogP contribution in [0.25, 0.3) is 0 Å². The molecule has 2 aromatic rings. The maximum atomic E-state index is 13.6. The molecule has 5 nitrogen and oxygen atoms in total. The second kappa shape index (κ2) is 7.80. The van der Waals surface area contributed by atoms with Crippen molar-refractivity contribution in [2.24, 2.45) is 5.92 Å². The molecule has 1 atom stereocenters. The largest absolute Gasteiger partial charge is 0.243 e. The highest BCUT2D eigenvalue weighted by Gasteiger charge is 2.47. The van der Waals surface area contributed by atoms with Crippen LogP contribution < -0.4 is 0 Å². The van der Waals surface area contributed by atoms with Gasteiger partial charge >= 0.3 is 0 Å². The van der Waals surface area contributed by atoms with Gasteiger partial charge in [-0.2, -0.15) is 4.31 Å². The van der Waals surface area contributed by atoms with Gasteiger partial charge in [-0.3, -0.25) is 0 Å². The SMILES string of the molecule is Cc1ccc(S(=O)(=O)N2CC3=C([Si](C)(C)C)C(C)C3=C(S(=O)(=O)c3ccccc3)C2)cc1. The Labute approximate surface area is 192 Å². The van der Waals surface area contributed by atoms with Crippen LogP contribution in [0, 0.1) is 12.8 Å². The molecule has 4 rings (SSSR count). The molecule has 0 aromatic heterocycles. The Hall–Kier alpha value is -2.00. The zero-order chi connectivity index (χ0) is 23.5. The van der Waals surface area contributed by atoms with Crippen molar-refractivity contribution < 1.29 is 16.8 Å². The minimum atomic E-state index is -3.85. The summed E-state index contributed by atoms with van der Waals surface area (Å²) in [5, 5.41) is 1.26. The van der Waals surface area contributed by atoms with E-state index in [1.54, 1.807) is 54.6 Å². The van der Waals surface area contributed by atoms with Gasteiger partial charge < -0.3 is 0 Å². The first-order valence-electron chi connectivity index (χ1n) is 10.7. The van der Waals surface area contributed by atoms with Crippen molar-refractivity contribution >= 4 is 27.9 Å². The summed E-state index contributed by atoms with van der Waals surface area (Å²) in [7, 11) is -9.43. The standard InChI is InChI=1S/C24H29NO4S2Si/c1-17-11-13-20(14-12-17)31(28,29)25-15-21-23(18(2)24(21)32(3,4)5)22(16-25)30(26,27)19-9-7-6-8-10-19/h6-14,18H,15-16H2,1-5H3. The smallest absolute Gasteiger partial charge is 0.219 e. The molecule has 0 N–H and O–H groups in total. The zero-order valence-electron chi connectivity index (χ0n) is 19.1. The minimum absolute atomic E-state index is 0.0365. The van der Waals surface area contributed by atoms with E-state index in [9.17, 15) is 16.8 Å². The number of hydrogen-bond donors (Lipinski definition) is 0. The van der Waals surface area contributed by atoms with Gasteiger partial charge in [0.15, 0.2) is 0 Å². The predicted octanol–water partition coefficient (Wildman–Crippen LogP) is 4.55. The summed E-state index contributed by atoms with van der Waals surface area (Å²) in [6.45, 7) is 10.7. The van der Waals surface area contributed by atoms with E-state index < -0.39 is 27.9 Å². The first kappa shape index (κ1) is 23.2. The molecule has 170 valence electrons. The van der Waals surface area contributed by atoms with Crippen molar-refractivity contribution in [1.82, 2.24) is 4.31 Å². The Kier molecular flexibility index (Phi) is 5.64. The normalized spacial score (nSPS) is 20.2. The Morgan fingerprint density at radius 1 is 0.844 bits per heavy atom. The maximum absolute atomic E-state index is 13.6. The second-order valence-corrected chi connectivity index (χ2v) is 18.6. The van der Waals surface area contributed by atoms with Crippen LogP contribution in [0.2, 0.25) is 19.6 Å². The van der Waals surface area contributed by atoms with Gasteiger partial charge in [-0.15, -0.1) is 0 Å². The van der Waals surface area contributed by atoms with Crippen molar-refractivity contribution in [2.45, 2.75) is 43.3 Å². The van der Waals surface area contributed by atoms with Crippen LogP contribution in [0.1, 0.15) is 12.5 Å². The molecule has 0 amide bonds. The van der Waals surface area contributed by atoms with Gasteiger partial charge in [-0.25, -0.2) is 16.8 Å². The molecule has 32 heavy (non-hydrogen) atoms. The molecule has 2 aromatic carbocycles. The topological polar surface area (TPSA) is 71.5 Å². The Bertz CT molecular complexity index is 1330. The summed E-state index contributed by atoms with van der Waals surface area (Å²) in [4.78, 5) is 0.603. The van der Waals surface area contributed by atoms with Gasteiger partial charge in [0.2, 0.25) is 19.9 Å². The summed E-state index contributed by atoms with van der Waals surface area (Å²) in [5.41, 5.74) is 2.70. The molecule has 0 spiro atoms. The lowest BCUT2D eigenvalue weighted by Gasteiger charge is -2.47. The minimum Gasteiger partial charge on any atom is -0.219 e. The van der Waals surface area contributed by atoms with E-state index in [0.717, 1.165) is 16.7 Å². The van der Waals surface area contributed by atoms with Gasteiger partial charge in [-0.05, 0) is 42.3 Å². The fraction of sp³-hybridized carbons (Fsp3) is 0.333. The third kappa shape index (κ3) is 3.73. The summed E-state index contributed by atoms with van der Waals surface area (Å²) < 4.78 is 55.7. The highest BCUT2D eigenvalue weighted by molar-refractivity contribution is 7.95. The highest BCUT2D eigenvalue weighted by Crippen LogP contribution is 2.50. The summed E-state index contributed by atoms with van der Waals surface area (Å²) in [6.07, 6.45) is 0. The van der Waals surface area contributed by atoms with E-state index in [-0.39, 0.29) is 33.7 Å². The lowest BCUT2D eigenvalue weighted by atomic mass is 9.79. The number of nitrogens with zero attached hydrogens (tertiary/aromatic N) is 1. The summed E-state index contributed by atoms with van der Waals surface area (Å²) >= 11 is 0. The number of sulfonamides is 1. The van der Waals surface area contributed by atoms with Gasteiger partial charge in [0, 0.05) is 12.5 Å². The zero-order valence-corrected chi connectivity index (χ0v) is 21.7. The Balaban J connectivity index is 1.89. The van der Waals surface area contributed by atoms with Crippen LogP contribution in [0.3, 0.4) is 0 Å². The van der Waals surface area contributed by atoms with Gasteiger partial charge in [0.25, 0.3) is 0 Å². The van der Waals surface area contributed by atoms with E-state index in [2.05, 4.69) is 26.6 Å². The molecule has 2 aliphatic rings. The quantitative estimate of drug-likeness (QED) is 0.580. The van der Waals surface area contributed by atoms with E-state index >= 15 is 0 Å². The molecule has 8 heteroatoms. The molecule has 1 aliphatic heterocycles. The second-order valence-electron chi connectivity index (χ2n) is 9.60. The fourth-order valence-electron chi connectivity index (χ4n) is 4.90. The van der Waals surface area contributed by atoms with Crippen LogP contribution in [-0.4, -0.2) is 42.3 Å². The van der Waals surface area contributed by atoms with Crippen LogP contribution in [0.15, 0.2) is 85.6 Å². The molecule has 0 saturated carbocycles. The molecule has 0 saturated heterocycles. The number of aryl methyl sites for hydroxylation is 1. The summed E-state index contributed by atoms with van der Waals surface area (Å²) in [6, 6.07) is 15.0. The van der Waals surface area contributed by atoms with Crippen molar-refractivity contribution in [1.29, 1.82) is 0 Å². The van der Waals surface area contributed by atoms with Crippen LogP contribution in [0.5, 0.6) is 0 Å².